The Morgan fingerprint density at radius 2 is 2.05 bits per heavy atom. The number of nitrogens with two attached hydrogens (primary N) is 1. The lowest BCUT2D eigenvalue weighted by Gasteiger charge is -2.03. The van der Waals surface area contributed by atoms with Gasteiger partial charge < -0.3 is 11.1 Å². The van der Waals surface area contributed by atoms with E-state index in [1.165, 1.54) is 11.3 Å². The van der Waals surface area contributed by atoms with E-state index in [2.05, 4.69) is 26.2 Å². The molecule has 0 saturated heterocycles. The van der Waals surface area contributed by atoms with Gasteiger partial charge in [-0.2, -0.15) is 0 Å². The van der Waals surface area contributed by atoms with Crippen LogP contribution in [0.4, 0.5) is 0 Å². The van der Waals surface area contributed by atoms with Crippen molar-refractivity contribution in [2.45, 2.75) is 0 Å². The first-order valence-corrected chi connectivity index (χ1v) is 7.03. The van der Waals surface area contributed by atoms with Crippen LogP contribution in [0.25, 0.3) is 10.4 Å². The van der Waals surface area contributed by atoms with E-state index in [0.29, 0.717) is 22.7 Å². The molecule has 0 aliphatic carbocycles. The van der Waals surface area contributed by atoms with E-state index in [9.17, 15) is 4.79 Å². The van der Waals surface area contributed by atoms with Crippen molar-refractivity contribution < 1.29 is 4.79 Å². The molecular weight excluding hydrogens is 394 g/mol. The predicted octanol–water partition coefficient (Wildman–Crippen LogP) is 2.84. The first kappa shape index (κ1) is 16.3. The number of carbonyl (C=O) groups is 1. The molecule has 0 spiro atoms. The molecule has 0 bridgehead atoms. The minimum absolute atomic E-state index is 0. The summed E-state index contributed by atoms with van der Waals surface area (Å²) in [6.07, 6.45) is 0. The Morgan fingerprint density at radius 1 is 1.37 bits per heavy atom. The molecule has 4 nitrogen and oxygen atoms in total. The summed E-state index contributed by atoms with van der Waals surface area (Å²) in [5, 5.41) is 2.73. The minimum atomic E-state index is -0.193. The molecule has 0 radical (unpaired) electrons. The average molecular weight is 407 g/mol. The summed E-state index contributed by atoms with van der Waals surface area (Å²) in [6.45, 7) is 0.861. The van der Waals surface area contributed by atoms with Crippen LogP contribution in [0, 0.1) is 0 Å². The van der Waals surface area contributed by atoms with Crippen molar-refractivity contribution in [1.29, 1.82) is 0 Å². The van der Waals surface area contributed by atoms with Crippen molar-refractivity contribution in [3.63, 3.8) is 0 Å². The number of carbonyl (C=O) groups excluding carboxylic acids is 1. The number of nitrogens with one attached hydrogen (secondary N) is 1. The number of rotatable bonds is 4. The number of halogens is 2. The van der Waals surface area contributed by atoms with Crippen LogP contribution in [0.5, 0.6) is 0 Å². The predicted molar refractivity (Wildman–Crippen MR) is 87.0 cm³/mol. The van der Waals surface area contributed by atoms with E-state index < -0.39 is 0 Å². The third-order valence-corrected chi connectivity index (χ3v) is 3.84. The number of nitrogens with zero attached hydrogens (tertiary/aromatic N) is 1. The standard InChI is InChI=1S/C12H12BrN3OS.BrH/c13-12-16-9(11(17)15-7-6-14)10(18-12)8-4-2-1-3-5-8;/h1-5H,6-7,14H2,(H,15,17);1H. The van der Waals surface area contributed by atoms with E-state index in [1.54, 1.807) is 0 Å². The number of hydrogen-bond donors (Lipinski definition) is 2. The summed E-state index contributed by atoms with van der Waals surface area (Å²) >= 11 is 4.76. The highest BCUT2D eigenvalue weighted by molar-refractivity contribution is 9.11. The third kappa shape index (κ3) is 4.10. The van der Waals surface area contributed by atoms with Crippen molar-refractivity contribution in [3.05, 3.63) is 39.9 Å². The molecule has 2 aromatic rings. The second-order valence-corrected chi connectivity index (χ2v) is 5.83. The smallest absolute Gasteiger partial charge is 0.271 e. The molecule has 19 heavy (non-hydrogen) atoms. The maximum absolute atomic E-state index is 12.0. The molecule has 102 valence electrons. The molecule has 0 saturated carbocycles. The molecule has 1 aromatic carbocycles. The quantitative estimate of drug-likeness (QED) is 0.820. The second-order valence-electron chi connectivity index (χ2n) is 3.56. The van der Waals surface area contributed by atoms with Crippen LogP contribution in [0.1, 0.15) is 10.5 Å². The van der Waals surface area contributed by atoms with E-state index in [-0.39, 0.29) is 22.9 Å². The van der Waals surface area contributed by atoms with Gasteiger partial charge in [0.2, 0.25) is 0 Å². The molecule has 1 heterocycles. The maximum Gasteiger partial charge on any atom is 0.271 e. The zero-order valence-corrected chi connectivity index (χ0v) is 14.0. The van der Waals surface area contributed by atoms with Crippen LogP contribution in [0.2, 0.25) is 0 Å². The summed E-state index contributed by atoms with van der Waals surface area (Å²) in [4.78, 5) is 17.0. The lowest BCUT2D eigenvalue weighted by molar-refractivity contribution is 0.0951. The molecule has 7 heteroatoms. The topological polar surface area (TPSA) is 68.0 Å². The van der Waals surface area contributed by atoms with Gasteiger partial charge in [0.1, 0.15) is 5.69 Å². The van der Waals surface area contributed by atoms with Gasteiger partial charge in [0.05, 0.1) is 4.88 Å². The van der Waals surface area contributed by atoms with Gasteiger partial charge in [0.15, 0.2) is 3.92 Å². The van der Waals surface area contributed by atoms with Crippen LogP contribution in [-0.2, 0) is 0 Å². The highest BCUT2D eigenvalue weighted by Gasteiger charge is 2.18. The highest BCUT2D eigenvalue weighted by Crippen LogP contribution is 2.32. The summed E-state index contributed by atoms with van der Waals surface area (Å²) in [5.41, 5.74) is 6.79. The first-order valence-electron chi connectivity index (χ1n) is 5.42. The van der Waals surface area contributed by atoms with Gasteiger partial charge in [0.25, 0.3) is 5.91 Å². The molecular formula is C12H13Br2N3OS. The average Bonchev–Trinajstić information content (AvgIpc) is 2.79. The van der Waals surface area contributed by atoms with Crippen molar-refractivity contribution in [1.82, 2.24) is 10.3 Å². The lowest BCUT2D eigenvalue weighted by Crippen LogP contribution is -2.29. The van der Waals surface area contributed by atoms with E-state index in [0.717, 1.165) is 10.4 Å². The SMILES string of the molecule is Br.NCCNC(=O)c1nc(Br)sc1-c1ccccc1. The molecule has 0 aliphatic rings. The van der Waals surface area contributed by atoms with Crippen molar-refractivity contribution in [2.24, 2.45) is 5.73 Å². The number of amides is 1. The maximum atomic E-state index is 12.0. The van der Waals surface area contributed by atoms with Gasteiger partial charge in [-0.25, -0.2) is 4.98 Å². The minimum Gasteiger partial charge on any atom is -0.349 e. The molecule has 0 fully saturated rings. The van der Waals surface area contributed by atoms with Crippen LogP contribution in [0.15, 0.2) is 34.2 Å². The van der Waals surface area contributed by atoms with Gasteiger partial charge in [-0.3, -0.25) is 4.79 Å². The Labute approximate surface area is 134 Å². The fourth-order valence-electron chi connectivity index (χ4n) is 1.50. The van der Waals surface area contributed by atoms with Crippen molar-refractivity contribution in [2.75, 3.05) is 13.1 Å². The first-order chi connectivity index (χ1) is 8.72. The Bertz CT molecular complexity index is 545. The molecule has 0 atom stereocenters. The zero-order chi connectivity index (χ0) is 13.0. The van der Waals surface area contributed by atoms with Crippen LogP contribution < -0.4 is 11.1 Å². The monoisotopic (exact) mass is 405 g/mol. The summed E-state index contributed by atoms with van der Waals surface area (Å²) < 4.78 is 0.694. The molecule has 1 aromatic heterocycles. The Kier molecular flexibility index (Phi) is 6.64. The third-order valence-electron chi connectivity index (χ3n) is 2.28. The highest BCUT2D eigenvalue weighted by atomic mass is 79.9. The Morgan fingerprint density at radius 3 is 2.68 bits per heavy atom. The Hall–Kier alpha value is -0.760. The van der Waals surface area contributed by atoms with E-state index in [1.807, 2.05) is 30.3 Å². The molecule has 2 rings (SSSR count). The van der Waals surface area contributed by atoms with E-state index in [4.69, 9.17) is 5.73 Å². The Balaban J connectivity index is 0.00000180. The number of thiazole rings is 1. The summed E-state index contributed by atoms with van der Waals surface area (Å²) in [7, 11) is 0. The number of benzene rings is 1. The largest absolute Gasteiger partial charge is 0.349 e. The number of hydrogen-bond acceptors (Lipinski definition) is 4. The van der Waals surface area contributed by atoms with Gasteiger partial charge in [0, 0.05) is 13.1 Å². The fraction of sp³-hybridized carbons (Fsp3) is 0.167. The fourth-order valence-corrected chi connectivity index (χ4v) is 2.96. The van der Waals surface area contributed by atoms with Crippen LogP contribution in [-0.4, -0.2) is 24.0 Å². The van der Waals surface area contributed by atoms with Gasteiger partial charge in [-0.15, -0.1) is 28.3 Å². The van der Waals surface area contributed by atoms with Crippen molar-refractivity contribution in [3.8, 4) is 10.4 Å². The van der Waals surface area contributed by atoms with Crippen molar-refractivity contribution >= 4 is 50.2 Å². The van der Waals surface area contributed by atoms with Crippen LogP contribution >= 0.6 is 44.2 Å². The molecule has 3 N–H and O–H groups in total. The normalized spacial score (nSPS) is 9.79. The van der Waals surface area contributed by atoms with E-state index >= 15 is 0 Å². The summed E-state index contributed by atoms with van der Waals surface area (Å²) in [6, 6.07) is 9.72. The van der Waals surface area contributed by atoms with Gasteiger partial charge in [-0.05, 0) is 21.5 Å². The molecule has 0 unspecified atom stereocenters. The zero-order valence-electron chi connectivity index (χ0n) is 9.93. The summed E-state index contributed by atoms with van der Waals surface area (Å²) in [5.74, 6) is -0.193. The molecule has 0 aliphatic heterocycles. The lowest BCUT2D eigenvalue weighted by atomic mass is 10.1. The second kappa shape index (κ2) is 7.74. The van der Waals surface area contributed by atoms with Gasteiger partial charge >= 0.3 is 0 Å². The molecule has 1 amide bonds. The number of aromatic nitrogens is 1. The van der Waals surface area contributed by atoms with Gasteiger partial charge in [-0.1, -0.05) is 30.3 Å². The van der Waals surface area contributed by atoms with Crippen LogP contribution in [0.3, 0.4) is 0 Å².